The van der Waals surface area contributed by atoms with E-state index in [1.165, 1.54) is 49.0 Å². The molecule has 0 bridgehead atoms. The highest BCUT2D eigenvalue weighted by atomic mass is 79.9. The average molecular weight is 438 g/mol. The summed E-state index contributed by atoms with van der Waals surface area (Å²) >= 11 is 4.99. The Kier molecular flexibility index (Phi) is 7.02. The van der Waals surface area contributed by atoms with Gasteiger partial charge < -0.3 is 4.74 Å². The molecule has 1 aliphatic carbocycles. The zero-order valence-corrected chi connectivity index (χ0v) is 17.4. The predicted octanol–water partition coefficient (Wildman–Crippen LogP) is 5.32. The second-order valence-electron chi connectivity index (χ2n) is 6.63. The third-order valence-electron chi connectivity index (χ3n) is 4.54. The van der Waals surface area contributed by atoms with Gasteiger partial charge in [0.2, 0.25) is 5.13 Å². The van der Waals surface area contributed by atoms with Crippen molar-refractivity contribution in [2.75, 3.05) is 11.9 Å². The van der Waals surface area contributed by atoms with Crippen molar-refractivity contribution in [2.24, 2.45) is 0 Å². The standard InChI is InChI=1S/C19H24BrN3O2S/c1-2-6-13-9-10-16(15(20)11-13)25-12-17(24)21-19-23-22-18(26-19)14-7-4-3-5-8-14/h9-11,14H,2-8,12H2,1H3,(H,21,23,24). The summed E-state index contributed by atoms with van der Waals surface area (Å²) in [4.78, 5) is 12.1. The third-order valence-corrected chi connectivity index (χ3v) is 6.16. The number of anilines is 1. The van der Waals surface area contributed by atoms with E-state index in [2.05, 4.69) is 38.4 Å². The molecule has 0 atom stereocenters. The highest BCUT2D eigenvalue weighted by molar-refractivity contribution is 9.10. The van der Waals surface area contributed by atoms with Gasteiger partial charge in [0.05, 0.1) is 4.47 Å². The largest absolute Gasteiger partial charge is 0.483 e. The molecule has 1 aliphatic rings. The van der Waals surface area contributed by atoms with Crippen LogP contribution in [0.15, 0.2) is 22.7 Å². The number of hydrogen-bond donors (Lipinski definition) is 1. The van der Waals surface area contributed by atoms with E-state index >= 15 is 0 Å². The van der Waals surface area contributed by atoms with E-state index in [-0.39, 0.29) is 12.5 Å². The number of carbonyl (C=O) groups is 1. The number of aryl methyl sites for hydroxylation is 1. The fourth-order valence-electron chi connectivity index (χ4n) is 3.20. The summed E-state index contributed by atoms with van der Waals surface area (Å²) in [7, 11) is 0. The van der Waals surface area contributed by atoms with Crippen LogP contribution < -0.4 is 10.1 Å². The highest BCUT2D eigenvalue weighted by Gasteiger charge is 2.20. The minimum absolute atomic E-state index is 0.0515. The molecule has 26 heavy (non-hydrogen) atoms. The first kappa shape index (κ1) is 19.3. The minimum atomic E-state index is -0.221. The molecule has 1 saturated carbocycles. The Labute approximate surface area is 166 Å². The molecule has 1 aromatic carbocycles. The number of carbonyl (C=O) groups excluding carboxylic acids is 1. The Morgan fingerprint density at radius 3 is 2.85 bits per heavy atom. The van der Waals surface area contributed by atoms with Crippen LogP contribution in [0.25, 0.3) is 0 Å². The summed E-state index contributed by atoms with van der Waals surface area (Å²) < 4.78 is 6.49. The van der Waals surface area contributed by atoms with E-state index in [9.17, 15) is 4.79 Å². The van der Waals surface area contributed by atoms with E-state index in [1.54, 1.807) is 0 Å². The highest BCUT2D eigenvalue weighted by Crippen LogP contribution is 2.35. The van der Waals surface area contributed by atoms with Crippen LogP contribution >= 0.6 is 27.3 Å². The Hall–Kier alpha value is -1.47. The maximum absolute atomic E-state index is 12.1. The monoisotopic (exact) mass is 437 g/mol. The summed E-state index contributed by atoms with van der Waals surface area (Å²) in [6.45, 7) is 2.10. The van der Waals surface area contributed by atoms with Gasteiger partial charge in [0.25, 0.3) is 5.91 Å². The molecule has 1 N–H and O–H groups in total. The first-order valence-corrected chi connectivity index (χ1v) is 10.8. The number of aromatic nitrogens is 2. The van der Waals surface area contributed by atoms with E-state index in [4.69, 9.17) is 4.74 Å². The van der Waals surface area contributed by atoms with Crippen LogP contribution in [0.2, 0.25) is 0 Å². The van der Waals surface area contributed by atoms with Gasteiger partial charge in [0.15, 0.2) is 6.61 Å². The zero-order chi connectivity index (χ0) is 18.4. The molecule has 2 aromatic rings. The average Bonchev–Trinajstić information content (AvgIpc) is 3.10. The number of ether oxygens (including phenoxy) is 1. The van der Waals surface area contributed by atoms with Gasteiger partial charge in [0, 0.05) is 5.92 Å². The first-order valence-electron chi connectivity index (χ1n) is 9.20. The van der Waals surface area contributed by atoms with Gasteiger partial charge in [-0.2, -0.15) is 0 Å². The van der Waals surface area contributed by atoms with Crippen LogP contribution in [0.5, 0.6) is 5.75 Å². The van der Waals surface area contributed by atoms with E-state index in [1.807, 2.05) is 18.2 Å². The number of rotatable bonds is 7. The van der Waals surface area contributed by atoms with Gasteiger partial charge >= 0.3 is 0 Å². The van der Waals surface area contributed by atoms with Gasteiger partial charge in [-0.25, -0.2) is 0 Å². The maximum atomic E-state index is 12.1. The molecule has 1 aromatic heterocycles. The quantitative estimate of drug-likeness (QED) is 0.636. The fraction of sp³-hybridized carbons (Fsp3) is 0.526. The number of halogens is 1. The predicted molar refractivity (Wildman–Crippen MR) is 108 cm³/mol. The number of nitrogens with zero attached hydrogens (tertiary/aromatic N) is 2. The topological polar surface area (TPSA) is 64.1 Å². The van der Waals surface area contributed by atoms with Crippen LogP contribution in [-0.4, -0.2) is 22.7 Å². The molecule has 5 nitrogen and oxygen atoms in total. The summed E-state index contributed by atoms with van der Waals surface area (Å²) in [5.74, 6) is 0.946. The normalized spacial score (nSPS) is 15.0. The molecule has 0 unspecified atom stereocenters. The molecule has 3 rings (SSSR count). The van der Waals surface area contributed by atoms with Gasteiger partial charge in [-0.1, -0.05) is 50.0 Å². The second-order valence-corrected chi connectivity index (χ2v) is 8.50. The van der Waals surface area contributed by atoms with E-state index in [0.717, 1.165) is 22.3 Å². The second kappa shape index (κ2) is 9.46. The molecule has 0 saturated heterocycles. The van der Waals surface area contributed by atoms with Gasteiger partial charge in [0.1, 0.15) is 10.8 Å². The van der Waals surface area contributed by atoms with Crippen molar-refractivity contribution in [3.05, 3.63) is 33.2 Å². The molecule has 1 heterocycles. The molecule has 1 amide bonds. The first-order chi connectivity index (χ1) is 12.7. The van der Waals surface area contributed by atoms with Crippen molar-refractivity contribution in [1.82, 2.24) is 10.2 Å². The number of amides is 1. The maximum Gasteiger partial charge on any atom is 0.264 e. The summed E-state index contributed by atoms with van der Waals surface area (Å²) in [5, 5.41) is 12.7. The lowest BCUT2D eigenvalue weighted by molar-refractivity contribution is -0.118. The summed E-state index contributed by atoms with van der Waals surface area (Å²) in [5.41, 5.74) is 1.25. The van der Waals surface area contributed by atoms with Crippen LogP contribution in [0.4, 0.5) is 5.13 Å². The zero-order valence-electron chi connectivity index (χ0n) is 15.0. The third kappa shape index (κ3) is 5.27. The molecule has 0 radical (unpaired) electrons. The van der Waals surface area contributed by atoms with Crippen molar-refractivity contribution >= 4 is 38.3 Å². The van der Waals surface area contributed by atoms with Gasteiger partial charge in [-0.05, 0) is 52.9 Å². The van der Waals surface area contributed by atoms with Crippen molar-refractivity contribution in [3.63, 3.8) is 0 Å². The molecular formula is C19H24BrN3O2S. The SMILES string of the molecule is CCCc1ccc(OCC(=O)Nc2nnc(C3CCCCC3)s2)c(Br)c1. The van der Waals surface area contributed by atoms with Crippen molar-refractivity contribution < 1.29 is 9.53 Å². The Morgan fingerprint density at radius 2 is 2.12 bits per heavy atom. The molecule has 0 aliphatic heterocycles. The Bertz CT molecular complexity index is 744. The Morgan fingerprint density at radius 1 is 1.31 bits per heavy atom. The summed E-state index contributed by atoms with van der Waals surface area (Å²) in [6, 6.07) is 5.97. The van der Waals surface area contributed by atoms with Crippen LogP contribution in [-0.2, 0) is 11.2 Å². The summed E-state index contributed by atoms with van der Waals surface area (Å²) in [6.07, 6.45) is 8.30. The Balaban J connectivity index is 1.50. The number of hydrogen-bond acceptors (Lipinski definition) is 5. The lowest BCUT2D eigenvalue weighted by Crippen LogP contribution is -2.20. The van der Waals surface area contributed by atoms with Crippen molar-refractivity contribution in [1.29, 1.82) is 0 Å². The van der Waals surface area contributed by atoms with Gasteiger partial charge in [-0.15, -0.1) is 10.2 Å². The number of nitrogens with one attached hydrogen (secondary N) is 1. The lowest BCUT2D eigenvalue weighted by atomic mass is 9.90. The van der Waals surface area contributed by atoms with E-state index in [0.29, 0.717) is 16.8 Å². The molecule has 1 fully saturated rings. The minimum Gasteiger partial charge on any atom is -0.483 e. The van der Waals surface area contributed by atoms with E-state index < -0.39 is 0 Å². The lowest BCUT2D eigenvalue weighted by Gasteiger charge is -2.18. The number of benzene rings is 1. The smallest absolute Gasteiger partial charge is 0.264 e. The molecule has 7 heteroatoms. The van der Waals surface area contributed by atoms with Crippen LogP contribution in [0, 0.1) is 0 Å². The molecular weight excluding hydrogens is 414 g/mol. The molecule has 140 valence electrons. The van der Waals surface area contributed by atoms with Gasteiger partial charge in [-0.3, -0.25) is 10.1 Å². The fourth-order valence-corrected chi connectivity index (χ4v) is 4.67. The van der Waals surface area contributed by atoms with Crippen LogP contribution in [0.3, 0.4) is 0 Å². The van der Waals surface area contributed by atoms with Crippen LogP contribution in [0.1, 0.15) is 61.9 Å². The van der Waals surface area contributed by atoms with Crippen molar-refractivity contribution in [3.8, 4) is 5.75 Å². The van der Waals surface area contributed by atoms with Crippen molar-refractivity contribution in [2.45, 2.75) is 57.8 Å². The molecule has 0 spiro atoms.